The normalized spacial score (nSPS) is 18.4. The molecular formula is C13H20N2O3. The molecule has 0 aromatic rings. The van der Waals surface area contributed by atoms with E-state index in [2.05, 4.69) is 5.92 Å². The summed E-state index contributed by atoms with van der Waals surface area (Å²) in [5, 5.41) is 8.63. The molecule has 1 saturated heterocycles. The number of hydrogen-bond donors (Lipinski definition) is 1. The van der Waals surface area contributed by atoms with Crippen molar-refractivity contribution in [1.29, 1.82) is 0 Å². The van der Waals surface area contributed by atoms with E-state index in [-0.39, 0.29) is 12.5 Å². The number of carboxylic acids is 1. The van der Waals surface area contributed by atoms with E-state index in [4.69, 9.17) is 11.5 Å². The van der Waals surface area contributed by atoms with Crippen LogP contribution in [0, 0.1) is 18.3 Å². The second kappa shape index (κ2) is 6.90. The van der Waals surface area contributed by atoms with Crippen molar-refractivity contribution in [2.45, 2.75) is 26.2 Å². The van der Waals surface area contributed by atoms with Gasteiger partial charge in [0.25, 0.3) is 0 Å². The quantitative estimate of drug-likeness (QED) is 0.749. The summed E-state index contributed by atoms with van der Waals surface area (Å²) in [5.41, 5.74) is 0. The molecular weight excluding hydrogens is 232 g/mol. The summed E-state index contributed by atoms with van der Waals surface area (Å²) in [5.74, 6) is 2.00. The zero-order valence-corrected chi connectivity index (χ0v) is 10.8. The van der Waals surface area contributed by atoms with Gasteiger partial charge < -0.3 is 14.9 Å². The van der Waals surface area contributed by atoms with Crippen molar-refractivity contribution < 1.29 is 14.7 Å². The number of urea groups is 1. The molecule has 5 heteroatoms. The van der Waals surface area contributed by atoms with E-state index >= 15 is 0 Å². The Hall–Kier alpha value is -1.70. The second-order valence-corrected chi connectivity index (χ2v) is 4.53. The molecule has 1 aliphatic rings. The van der Waals surface area contributed by atoms with Crippen molar-refractivity contribution in [1.82, 2.24) is 9.80 Å². The molecule has 1 fully saturated rings. The highest BCUT2D eigenvalue weighted by molar-refractivity contribution is 5.75. The molecule has 0 spiro atoms. The first-order valence-electron chi connectivity index (χ1n) is 6.27. The lowest BCUT2D eigenvalue weighted by molar-refractivity contribution is -0.137. The molecule has 1 N–H and O–H groups in total. The molecule has 1 unspecified atom stereocenters. The molecule has 5 nitrogen and oxygen atoms in total. The van der Waals surface area contributed by atoms with Crippen LogP contribution in [0.3, 0.4) is 0 Å². The van der Waals surface area contributed by atoms with Crippen LogP contribution in [-0.4, -0.2) is 53.1 Å². The van der Waals surface area contributed by atoms with Crippen LogP contribution in [0.2, 0.25) is 0 Å². The molecule has 0 bridgehead atoms. The van der Waals surface area contributed by atoms with E-state index in [1.54, 1.807) is 9.80 Å². The van der Waals surface area contributed by atoms with Gasteiger partial charge in [0.2, 0.25) is 0 Å². The number of terminal acetylenes is 1. The Bertz CT molecular complexity index is 349. The standard InChI is InChI=1S/C13H20N2O3/c1-3-8-14(4-2)13(18)15-9-7-11(10-15)5-6-12(16)17/h1,11H,4-10H2,2H3,(H,16,17). The zero-order valence-electron chi connectivity index (χ0n) is 10.8. The Morgan fingerprint density at radius 1 is 1.56 bits per heavy atom. The smallest absolute Gasteiger partial charge is 0.320 e. The van der Waals surface area contributed by atoms with E-state index in [9.17, 15) is 9.59 Å². The Kier molecular flexibility index (Phi) is 5.50. The van der Waals surface area contributed by atoms with Crippen LogP contribution in [0.4, 0.5) is 4.79 Å². The molecule has 1 aliphatic heterocycles. The van der Waals surface area contributed by atoms with Gasteiger partial charge in [0.05, 0.1) is 6.54 Å². The second-order valence-electron chi connectivity index (χ2n) is 4.53. The van der Waals surface area contributed by atoms with Gasteiger partial charge in [0.15, 0.2) is 0 Å². The highest BCUT2D eigenvalue weighted by atomic mass is 16.4. The summed E-state index contributed by atoms with van der Waals surface area (Å²) < 4.78 is 0. The maximum absolute atomic E-state index is 12.1. The van der Waals surface area contributed by atoms with Gasteiger partial charge in [-0.2, -0.15) is 0 Å². The van der Waals surface area contributed by atoms with Crippen molar-refractivity contribution in [3.8, 4) is 12.3 Å². The molecule has 0 saturated carbocycles. The molecule has 0 aromatic heterocycles. The average molecular weight is 252 g/mol. The fourth-order valence-corrected chi connectivity index (χ4v) is 2.19. The van der Waals surface area contributed by atoms with Gasteiger partial charge in [0.1, 0.15) is 0 Å². The number of rotatable bonds is 5. The minimum Gasteiger partial charge on any atom is -0.481 e. The first-order chi connectivity index (χ1) is 8.58. The van der Waals surface area contributed by atoms with Gasteiger partial charge >= 0.3 is 12.0 Å². The predicted octanol–water partition coefficient (Wildman–Crippen LogP) is 1.25. The van der Waals surface area contributed by atoms with Crippen molar-refractivity contribution in [2.75, 3.05) is 26.2 Å². The first-order valence-corrected chi connectivity index (χ1v) is 6.27. The Morgan fingerprint density at radius 3 is 2.83 bits per heavy atom. The summed E-state index contributed by atoms with van der Waals surface area (Å²) in [4.78, 5) is 26.0. The molecule has 2 amide bonds. The van der Waals surface area contributed by atoms with Crippen LogP contribution in [0.25, 0.3) is 0 Å². The van der Waals surface area contributed by atoms with Crippen LogP contribution in [0.15, 0.2) is 0 Å². The largest absolute Gasteiger partial charge is 0.481 e. The number of hydrogen-bond acceptors (Lipinski definition) is 2. The van der Waals surface area contributed by atoms with Gasteiger partial charge in [-0.05, 0) is 25.7 Å². The summed E-state index contributed by atoms with van der Waals surface area (Å²) >= 11 is 0. The lowest BCUT2D eigenvalue weighted by Crippen LogP contribution is -2.42. The van der Waals surface area contributed by atoms with Crippen molar-refractivity contribution >= 4 is 12.0 Å². The van der Waals surface area contributed by atoms with Crippen molar-refractivity contribution in [3.05, 3.63) is 0 Å². The Labute approximate surface area is 108 Å². The molecule has 100 valence electrons. The average Bonchev–Trinajstić information content (AvgIpc) is 2.81. The van der Waals surface area contributed by atoms with Gasteiger partial charge in [-0.3, -0.25) is 4.79 Å². The van der Waals surface area contributed by atoms with Crippen LogP contribution in [0.1, 0.15) is 26.2 Å². The summed E-state index contributed by atoms with van der Waals surface area (Å²) in [6.45, 7) is 4.16. The van der Waals surface area contributed by atoms with Crippen LogP contribution < -0.4 is 0 Å². The molecule has 1 rings (SSSR count). The lowest BCUT2D eigenvalue weighted by atomic mass is 10.0. The summed E-state index contributed by atoms with van der Waals surface area (Å²) in [6.07, 6.45) is 6.92. The number of aliphatic carboxylic acids is 1. The Balaban J connectivity index is 2.43. The van der Waals surface area contributed by atoms with E-state index in [0.29, 0.717) is 38.5 Å². The number of carbonyl (C=O) groups excluding carboxylic acids is 1. The van der Waals surface area contributed by atoms with Gasteiger partial charge in [-0.25, -0.2) is 4.79 Å². The summed E-state index contributed by atoms with van der Waals surface area (Å²) in [7, 11) is 0. The molecule has 0 radical (unpaired) electrons. The third kappa shape index (κ3) is 3.95. The highest BCUT2D eigenvalue weighted by Crippen LogP contribution is 2.22. The molecule has 0 aliphatic carbocycles. The van der Waals surface area contributed by atoms with Gasteiger partial charge in [0, 0.05) is 26.1 Å². The van der Waals surface area contributed by atoms with Gasteiger partial charge in [-0.15, -0.1) is 6.42 Å². The number of amides is 2. The van der Waals surface area contributed by atoms with Crippen molar-refractivity contribution in [3.63, 3.8) is 0 Å². The fraction of sp³-hybridized carbons (Fsp3) is 0.692. The van der Waals surface area contributed by atoms with Crippen LogP contribution in [0.5, 0.6) is 0 Å². The zero-order chi connectivity index (χ0) is 13.5. The van der Waals surface area contributed by atoms with Crippen molar-refractivity contribution in [2.24, 2.45) is 5.92 Å². The number of nitrogens with zero attached hydrogens (tertiary/aromatic N) is 2. The number of likely N-dealkylation sites (tertiary alicyclic amines) is 1. The van der Waals surface area contributed by atoms with E-state index < -0.39 is 5.97 Å². The Morgan fingerprint density at radius 2 is 2.28 bits per heavy atom. The third-order valence-corrected chi connectivity index (χ3v) is 3.26. The number of carbonyl (C=O) groups is 2. The first kappa shape index (κ1) is 14.4. The summed E-state index contributed by atoms with van der Waals surface area (Å²) in [6, 6.07) is -0.0340. The minimum atomic E-state index is -0.776. The predicted molar refractivity (Wildman–Crippen MR) is 68.0 cm³/mol. The van der Waals surface area contributed by atoms with Crippen LogP contribution >= 0.6 is 0 Å². The maximum atomic E-state index is 12.1. The molecule has 18 heavy (non-hydrogen) atoms. The molecule has 1 atom stereocenters. The van der Waals surface area contributed by atoms with E-state index in [0.717, 1.165) is 6.42 Å². The third-order valence-electron chi connectivity index (χ3n) is 3.26. The minimum absolute atomic E-state index is 0.0340. The molecule has 1 heterocycles. The van der Waals surface area contributed by atoms with Gasteiger partial charge in [-0.1, -0.05) is 5.92 Å². The lowest BCUT2D eigenvalue weighted by Gasteiger charge is -2.25. The monoisotopic (exact) mass is 252 g/mol. The number of carboxylic acid groups (broad SMARTS) is 1. The van der Waals surface area contributed by atoms with E-state index in [1.165, 1.54) is 0 Å². The maximum Gasteiger partial charge on any atom is 0.320 e. The molecule has 0 aromatic carbocycles. The SMILES string of the molecule is C#CCN(CC)C(=O)N1CCC(CCC(=O)O)C1. The fourth-order valence-electron chi connectivity index (χ4n) is 2.19. The van der Waals surface area contributed by atoms with Crippen LogP contribution in [-0.2, 0) is 4.79 Å². The highest BCUT2D eigenvalue weighted by Gasteiger charge is 2.28. The topological polar surface area (TPSA) is 60.9 Å². The van der Waals surface area contributed by atoms with E-state index in [1.807, 2.05) is 6.92 Å².